The second kappa shape index (κ2) is 5.59. The van der Waals surface area contributed by atoms with Crippen molar-refractivity contribution in [3.05, 3.63) is 51.7 Å². The molecule has 0 saturated carbocycles. The van der Waals surface area contributed by atoms with Gasteiger partial charge in [-0.3, -0.25) is 4.72 Å². The lowest BCUT2D eigenvalue weighted by Crippen LogP contribution is -2.13. The van der Waals surface area contributed by atoms with E-state index in [4.69, 9.17) is 17.3 Å². The predicted octanol–water partition coefficient (Wildman–Crippen LogP) is 3.62. The van der Waals surface area contributed by atoms with Crippen molar-refractivity contribution in [2.45, 2.75) is 4.90 Å². The number of nitrogen functional groups attached to an aromatic ring is 1. The van der Waals surface area contributed by atoms with Crippen LogP contribution in [0, 0.1) is 5.82 Å². The first-order valence-electron chi connectivity index (χ1n) is 5.32. The first kappa shape index (κ1) is 15.1. The number of sulfonamides is 1. The summed E-state index contributed by atoms with van der Waals surface area (Å²) in [6.45, 7) is 0. The molecule has 0 bridgehead atoms. The maximum atomic E-state index is 13.2. The summed E-state index contributed by atoms with van der Waals surface area (Å²) < 4.78 is 40.4. The molecule has 0 atom stereocenters. The summed E-state index contributed by atoms with van der Waals surface area (Å²) in [5, 5.41) is 0.351. The number of nitrogens with two attached hydrogens (primary N) is 1. The van der Waals surface area contributed by atoms with Gasteiger partial charge in [0.2, 0.25) is 0 Å². The Balaban J connectivity index is 2.37. The molecule has 106 valence electrons. The van der Waals surface area contributed by atoms with E-state index in [9.17, 15) is 12.8 Å². The van der Waals surface area contributed by atoms with Crippen LogP contribution >= 0.6 is 27.5 Å². The van der Waals surface area contributed by atoms with Gasteiger partial charge in [0.25, 0.3) is 10.0 Å². The van der Waals surface area contributed by atoms with Crippen molar-refractivity contribution in [1.29, 1.82) is 0 Å². The molecule has 2 rings (SSSR count). The normalized spacial score (nSPS) is 11.3. The third-order valence-electron chi connectivity index (χ3n) is 2.38. The molecule has 2 aromatic rings. The number of halogens is 3. The summed E-state index contributed by atoms with van der Waals surface area (Å²) in [4.78, 5) is -0.256. The number of hydrogen-bond acceptors (Lipinski definition) is 3. The van der Waals surface area contributed by atoms with Gasteiger partial charge in [-0.05, 0) is 52.3 Å². The van der Waals surface area contributed by atoms with E-state index in [-0.39, 0.29) is 16.3 Å². The Morgan fingerprint density at radius 3 is 2.50 bits per heavy atom. The van der Waals surface area contributed by atoms with Gasteiger partial charge in [-0.15, -0.1) is 0 Å². The Kier molecular flexibility index (Phi) is 4.22. The minimum absolute atomic E-state index is 0.0270. The van der Waals surface area contributed by atoms with E-state index in [1.165, 1.54) is 18.2 Å². The summed E-state index contributed by atoms with van der Waals surface area (Å²) in [5.74, 6) is -0.723. The number of nitrogens with one attached hydrogen (secondary N) is 1. The maximum Gasteiger partial charge on any atom is 0.262 e. The molecular formula is C12H9BrClFN2O2S. The molecule has 20 heavy (non-hydrogen) atoms. The number of hydrogen-bond donors (Lipinski definition) is 2. The van der Waals surface area contributed by atoms with Gasteiger partial charge in [-0.25, -0.2) is 12.8 Å². The molecule has 3 N–H and O–H groups in total. The highest BCUT2D eigenvalue weighted by atomic mass is 79.9. The Labute approximate surface area is 128 Å². The van der Waals surface area contributed by atoms with Gasteiger partial charge in [0.15, 0.2) is 0 Å². The SMILES string of the molecule is Nc1cc(F)cc(S(=O)(=O)Nc2ccc(Br)c(Cl)c2)c1. The molecule has 0 saturated heterocycles. The zero-order chi connectivity index (χ0) is 14.9. The van der Waals surface area contributed by atoms with Crippen LogP contribution in [0.2, 0.25) is 5.02 Å². The first-order chi connectivity index (χ1) is 9.28. The molecule has 8 heteroatoms. The highest BCUT2D eigenvalue weighted by Crippen LogP contribution is 2.27. The van der Waals surface area contributed by atoms with Crippen LogP contribution in [0.25, 0.3) is 0 Å². The highest BCUT2D eigenvalue weighted by molar-refractivity contribution is 9.10. The standard InChI is InChI=1S/C12H9BrClFN2O2S/c13-11-2-1-9(6-12(11)14)17-20(18,19)10-4-7(15)3-8(16)5-10/h1-6,17H,16H2. The molecule has 0 aliphatic heterocycles. The average Bonchev–Trinajstić information content (AvgIpc) is 2.32. The number of benzene rings is 2. The highest BCUT2D eigenvalue weighted by Gasteiger charge is 2.16. The van der Waals surface area contributed by atoms with Crippen LogP contribution in [0.4, 0.5) is 15.8 Å². The van der Waals surface area contributed by atoms with Gasteiger partial charge in [-0.1, -0.05) is 11.6 Å². The molecule has 4 nitrogen and oxygen atoms in total. The lowest BCUT2D eigenvalue weighted by atomic mass is 10.3. The number of anilines is 2. The van der Waals surface area contributed by atoms with E-state index < -0.39 is 15.8 Å². The fraction of sp³-hybridized carbons (Fsp3) is 0. The molecular weight excluding hydrogens is 371 g/mol. The van der Waals surface area contributed by atoms with Crippen LogP contribution in [-0.2, 0) is 10.0 Å². The van der Waals surface area contributed by atoms with Crippen LogP contribution in [0.15, 0.2) is 45.8 Å². The quantitative estimate of drug-likeness (QED) is 0.800. The zero-order valence-electron chi connectivity index (χ0n) is 9.90. The van der Waals surface area contributed by atoms with Gasteiger partial charge >= 0.3 is 0 Å². The number of rotatable bonds is 3. The monoisotopic (exact) mass is 378 g/mol. The summed E-state index contributed by atoms with van der Waals surface area (Å²) in [6.07, 6.45) is 0. The summed E-state index contributed by atoms with van der Waals surface area (Å²) in [7, 11) is -3.93. The molecule has 0 aliphatic rings. The molecule has 2 aromatic carbocycles. The van der Waals surface area contributed by atoms with Crippen LogP contribution in [-0.4, -0.2) is 8.42 Å². The van der Waals surface area contributed by atoms with Crippen molar-refractivity contribution in [2.75, 3.05) is 10.5 Å². The molecule has 0 unspecified atom stereocenters. The Bertz CT molecular complexity index is 748. The molecule has 0 aliphatic carbocycles. The fourth-order valence-corrected chi connectivity index (χ4v) is 3.05. The third kappa shape index (κ3) is 3.41. The first-order valence-corrected chi connectivity index (χ1v) is 7.97. The Hall–Kier alpha value is -1.31. The van der Waals surface area contributed by atoms with Crippen LogP contribution in [0.1, 0.15) is 0 Å². The molecule has 0 fully saturated rings. The largest absolute Gasteiger partial charge is 0.399 e. The van der Waals surface area contributed by atoms with E-state index in [1.807, 2.05) is 0 Å². The van der Waals surface area contributed by atoms with Gasteiger partial charge < -0.3 is 5.73 Å². The van der Waals surface area contributed by atoms with E-state index in [0.29, 0.717) is 9.50 Å². The second-order valence-corrected chi connectivity index (χ2v) is 6.90. The smallest absolute Gasteiger partial charge is 0.262 e. The molecule has 0 amide bonds. The van der Waals surface area contributed by atoms with E-state index >= 15 is 0 Å². The summed E-state index contributed by atoms with van der Waals surface area (Å²) >= 11 is 9.08. The van der Waals surface area contributed by atoms with Crippen molar-refractivity contribution in [3.8, 4) is 0 Å². The van der Waals surface area contributed by atoms with E-state index in [1.54, 1.807) is 6.07 Å². The summed E-state index contributed by atoms with van der Waals surface area (Å²) in [6, 6.07) is 7.66. The van der Waals surface area contributed by atoms with Gasteiger partial charge in [0, 0.05) is 10.2 Å². The van der Waals surface area contributed by atoms with Crippen molar-refractivity contribution in [1.82, 2.24) is 0 Å². The molecule has 0 aromatic heterocycles. The molecule has 0 heterocycles. The zero-order valence-corrected chi connectivity index (χ0v) is 13.1. The topological polar surface area (TPSA) is 72.2 Å². The van der Waals surface area contributed by atoms with Gasteiger partial charge in [0.1, 0.15) is 5.82 Å². The van der Waals surface area contributed by atoms with Crippen molar-refractivity contribution >= 4 is 48.9 Å². The van der Waals surface area contributed by atoms with E-state index in [0.717, 1.165) is 12.1 Å². The van der Waals surface area contributed by atoms with Crippen molar-refractivity contribution < 1.29 is 12.8 Å². The average molecular weight is 380 g/mol. The lowest BCUT2D eigenvalue weighted by Gasteiger charge is -2.09. The van der Waals surface area contributed by atoms with Gasteiger partial charge in [0.05, 0.1) is 15.6 Å². The van der Waals surface area contributed by atoms with Crippen molar-refractivity contribution in [3.63, 3.8) is 0 Å². The minimum atomic E-state index is -3.93. The molecule has 0 spiro atoms. The fourth-order valence-electron chi connectivity index (χ4n) is 1.51. The Morgan fingerprint density at radius 1 is 1.20 bits per heavy atom. The van der Waals surface area contributed by atoms with Crippen LogP contribution in [0.5, 0.6) is 0 Å². The lowest BCUT2D eigenvalue weighted by molar-refractivity contribution is 0.595. The maximum absolute atomic E-state index is 13.2. The predicted molar refractivity (Wildman–Crippen MR) is 80.8 cm³/mol. The second-order valence-electron chi connectivity index (χ2n) is 3.95. The molecule has 0 radical (unpaired) electrons. The third-order valence-corrected chi connectivity index (χ3v) is 4.97. The van der Waals surface area contributed by atoms with E-state index in [2.05, 4.69) is 20.7 Å². The van der Waals surface area contributed by atoms with Crippen molar-refractivity contribution in [2.24, 2.45) is 0 Å². The van der Waals surface area contributed by atoms with Gasteiger partial charge in [-0.2, -0.15) is 0 Å². The summed E-state index contributed by atoms with van der Waals surface area (Å²) in [5.41, 5.74) is 5.73. The Morgan fingerprint density at radius 2 is 1.90 bits per heavy atom. The minimum Gasteiger partial charge on any atom is -0.399 e. The van der Waals surface area contributed by atoms with Crippen LogP contribution in [0.3, 0.4) is 0 Å². The van der Waals surface area contributed by atoms with Crippen LogP contribution < -0.4 is 10.5 Å².